The third-order valence-electron chi connectivity index (χ3n) is 3.66. The van der Waals surface area contributed by atoms with E-state index in [0.717, 1.165) is 23.4 Å². The number of nitrogens with two attached hydrogens (primary N) is 1. The molecule has 3 N–H and O–H groups in total. The van der Waals surface area contributed by atoms with Crippen LogP contribution in [0.15, 0.2) is 29.9 Å². The van der Waals surface area contributed by atoms with E-state index in [2.05, 4.69) is 42.1 Å². The monoisotopic (exact) mass is 261 g/mol. The average molecular weight is 261 g/mol. The van der Waals surface area contributed by atoms with Crippen LogP contribution in [-0.4, -0.2) is 11.9 Å². The molecule has 1 aliphatic rings. The fourth-order valence-corrected chi connectivity index (χ4v) is 2.38. The molecular formula is C15H20FN3. The molecule has 0 radical (unpaired) electrons. The van der Waals surface area contributed by atoms with E-state index in [-0.39, 0.29) is 5.92 Å². The summed E-state index contributed by atoms with van der Waals surface area (Å²) in [6, 6.07) is 6.31. The van der Waals surface area contributed by atoms with Gasteiger partial charge in [0.05, 0.1) is 5.71 Å². The summed E-state index contributed by atoms with van der Waals surface area (Å²) in [5, 5.41) is 6.78. The SMILES string of the molecule is C=C1NCc2ccc(C(C)C/C(=N\N)C(C)F)cc21. The normalized spacial score (nSPS) is 17.8. The lowest BCUT2D eigenvalue weighted by Gasteiger charge is -2.15. The van der Waals surface area contributed by atoms with Gasteiger partial charge in [-0.25, -0.2) is 4.39 Å². The molecular weight excluding hydrogens is 241 g/mol. The number of nitrogens with one attached hydrogen (secondary N) is 1. The second kappa shape index (κ2) is 5.43. The molecule has 0 spiro atoms. The number of hydrazone groups is 1. The van der Waals surface area contributed by atoms with Crippen molar-refractivity contribution in [1.29, 1.82) is 0 Å². The Kier molecular flexibility index (Phi) is 3.88. The Morgan fingerprint density at radius 3 is 2.89 bits per heavy atom. The van der Waals surface area contributed by atoms with Crippen molar-refractivity contribution in [3.8, 4) is 0 Å². The van der Waals surface area contributed by atoms with E-state index in [1.54, 1.807) is 0 Å². The first kappa shape index (κ1) is 13.6. The molecule has 2 atom stereocenters. The standard InChI is InChI=1S/C15H20FN3/c1-9(6-15(19-17)10(2)16)12-4-5-13-8-18-11(3)14(13)7-12/h4-5,7,9-10,18H,3,6,8,17H2,1-2H3/b19-15+. The Balaban J connectivity index is 2.19. The minimum atomic E-state index is -1.10. The van der Waals surface area contributed by atoms with Crippen LogP contribution in [-0.2, 0) is 6.54 Å². The van der Waals surface area contributed by atoms with Crippen LogP contribution in [0.3, 0.4) is 0 Å². The van der Waals surface area contributed by atoms with Gasteiger partial charge in [-0.15, -0.1) is 0 Å². The molecule has 3 nitrogen and oxygen atoms in total. The van der Waals surface area contributed by atoms with Crippen molar-refractivity contribution in [1.82, 2.24) is 5.32 Å². The van der Waals surface area contributed by atoms with Crippen LogP contribution in [0.2, 0.25) is 0 Å². The highest BCUT2D eigenvalue weighted by Crippen LogP contribution is 2.29. The molecule has 0 aromatic heterocycles. The number of fused-ring (bicyclic) bond motifs is 1. The van der Waals surface area contributed by atoms with Crippen molar-refractivity contribution in [3.63, 3.8) is 0 Å². The van der Waals surface area contributed by atoms with Crippen molar-refractivity contribution in [3.05, 3.63) is 41.5 Å². The molecule has 4 heteroatoms. The highest BCUT2D eigenvalue weighted by Gasteiger charge is 2.18. The first-order chi connectivity index (χ1) is 9.02. The number of benzene rings is 1. The zero-order valence-electron chi connectivity index (χ0n) is 11.4. The molecule has 0 aliphatic carbocycles. The summed E-state index contributed by atoms with van der Waals surface area (Å²) in [7, 11) is 0. The van der Waals surface area contributed by atoms with Crippen molar-refractivity contribution in [2.45, 2.75) is 38.9 Å². The molecule has 1 heterocycles. The van der Waals surface area contributed by atoms with Gasteiger partial charge in [-0.3, -0.25) is 0 Å². The summed E-state index contributed by atoms with van der Waals surface area (Å²) in [6.45, 7) is 8.34. The first-order valence-corrected chi connectivity index (χ1v) is 6.49. The Hall–Kier alpha value is -1.84. The van der Waals surface area contributed by atoms with Crippen LogP contribution in [0.25, 0.3) is 5.70 Å². The molecule has 2 rings (SSSR count). The van der Waals surface area contributed by atoms with E-state index >= 15 is 0 Å². The van der Waals surface area contributed by atoms with Gasteiger partial charge in [0.15, 0.2) is 0 Å². The zero-order valence-corrected chi connectivity index (χ0v) is 11.4. The summed E-state index contributed by atoms with van der Waals surface area (Å²) in [5.74, 6) is 5.42. The topological polar surface area (TPSA) is 50.4 Å². The largest absolute Gasteiger partial charge is 0.381 e. The van der Waals surface area contributed by atoms with Crippen molar-refractivity contribution in [2.24, 2.45) is 10.9 Å². The smallest absolute Gasteiger partial charge is 0.137 e. The number of hydrogen-bond acceptors (Lipinski definition) is 3. The predicted molar refractivity (Wildman–Crippen MR) is 77.5 cm³/mol. The third-order valence-corrected chi connectivity index (χ3v) is 3.66. The highest BCUT2D eigenvalue weighted by atomic mass is 19.1. The molecule has 0 amide bonds. The van der Waals surface area contributed by atoms with E-state index in [9.17, 15) is 4.39 Å². The van der Waals surface area contributed by atoms with Crippen LogP contribution in [0, 0.1) is 0 Å². The molecule has 1 aliphatic heterocycles. The molecule has 1 aromatic carbocycles. The number of rotatable bonds is 4. The Bertz CT molecular complexity index is 520. The van der Waals surface area contributed by atoms with Crippen LogP contribution >= 0.6 is 0 Å². The molecule has 0 saturated carbocycles. The summed E-state index contributed by atoms with van der Waals surface area (Å²) in [4.78, 5) is 0. The lowest BCUT2D eigenvalue weighted by Crippen LogP contribution is -2.16. The van der Waals surface area contributed by atoms with Gasteiger partial charge >= 0.3 is 0 Å². The summed E-state index contributed by atoms with van der Waals surface area (Å²) < 4.78 is 13.3. The number of alkyl halides is 1. The molecule has 19 heavy (non-hydrogen) atoms. The predicted octanol–water partition coefficient (Wildman–Crippen LogP) is 2.93. The van der Waals surface area contributed by atoms with Crippen LogP contribution in [0.1, 0.15) is 42.9 Å². The van der Waals surface area contributed by atoms with E-state index in [0.29, 0.717) is 12.1 Å². The second-order valence-electron chi connectivity index (χ2n) is 5.09. The lowest BCUT2D eigenvalue weighted by atomic mass is 9.91. The van der Waals surface area contributed by atoms with Crippen LogP contribution in [0.4, 0.5) is 4.39 Å². The van der Waals surface area contributed by atoms with Gasteiger partial charge in [0, 0.05) is 17.8 Å². The van der Waals surface area contributed by atoms with Gasteiger partial charge in [0.2, 0.25) is 0 Å². The highest BCUT2D eigenvalue weighted by molar-refractivity contribution is 5.88. The van der Waals surface area contributed by atoms with Crippen molar-refractivity contribution < 1.29 is 4.39 Å². The fourth-order valence-electron chi connectivity index (χ4n) is 2.38. The van der Waals surface area contributed by atoms with E-state index in [1.807, 2.05) is 0 Å². The molecule has 2 unspecified atom stereocenters. The molecule has 0 fully saturated rings. The van der Waals surface area contributed by atoms with Gasteiger partial charge < -0.3 is 11.2 Å². The van der Waals surface area contributed by atoms with Crippen LogP contribution in [0.5, 0.6) is 0 Å². The van der Waals surface area contributed by atoms with Gasteiger partial charge in [-0.05, 0) is 36.5 Å². The van der Waals surface area contributed by atoms with E-state index in [1.165, 1.54) is 12.5 Å². The third kappa shape index (κ3) is 2.78. The first-order valence-electron chi connectivity index (χ1n) is 6.49. The van der Waals surface area contributed by atoms with Gasteiger partial charge in [-0.2, -0.15) is 5.10 Å². The maximum absolute atomic E-state index is 13.3. The number of nitrogens with zero attached hydrogens (tertiary/aromatic N) is 1. The molecule has 0 bridgehead atoms. The van der Waals surface area contributed by atoms with Crippen LogP contribution < -0.4 is 11.2 Å². The Morgan fingerprint density at radius 2 is 2.26 bits per heavy atom. The van der Waals surface area contributed by atoms with Crippen molar-refractivity contribution in [2.75, 3.05) is 0 Å². The number of hydrogen-bond donors (Lipinski definition) is 2. The van der Waals surface area contributed by atoms with E-state index in [4.69, 9.17) is 5.84 Å². The van der Waals surface area contributed by atoms with E-state index < -0.39 is 6.17 Å². The molecule has 102 valence electrons. The van der Waals surface area contributed by atoms with Crippen molar-refractivity contribution >= 4 is 11.4 Å². The summed E-state index contributed by atoms with van der Waals surface area (Å²) >= 11 is 0. The number of halogens is 1. The summed E-state index contributed by atoms with van der Waals surface area (Å²) in [6.07, 6.45) is -0.564. The fraction of sp³-hybridized carbons (Fsp3) is 0.400. The van der Waals surface area contributed by atoms with Gasteiger partial charge in [-0.1, -0.05) is 25.6 Å². The summed E-state index contributed by atoms with van der Waals surface area (Å²) in [5.41, 5.74) is 4.93. The second-order valence-corrected chi connectivity index (χ2v) is 5.09. The maximum atomic E-state index is 13.3. The Morgan fingerprint density at radius 1 is 1.53 bits per heavy atom. The molecule has 1 aromatic rings. The Labute approximate surface area is 113 Å². The minimum absolute atomic E-state index is 0.180. The average Bonchev–Trinajstić information content (AvgIpc) is 2.76. The quantitative estimate of drug-likeness (QED) is 0.497. The lowest BCUT2D eigenvalue weighted by molar-refractivity contribution is 0.446. The zero-order chi connectivity index (χ0) is 14.0. The molecule has 0 saturated heterocycles. The van der Waals surface area contributed by atoms with Gasteiger partial charge in [0.25, 0.3) is 0 Å². The van der Waals surface area contributed by atoms with Gasteiger partial charge in [0.1, 0.15) is 6.17 Å². The minimum Gasteiger partial charge on any atom is -0.381 e. The maximum Gasteiger partial charge on any atom is 0.137 e.